The molecule has 0 aliphatic rings. The summed E-state index contributed by atoms with van der Waals surface area (Å²) in [7, 11) is 0. The number of rotatable bonds is 1. The summed E-state index contributed by atoms with van der Waals surface area (Å²) in [5.74, 6) is 0.659. The van der Waals surface area contributed by atoms with E-state index in [1.807, 2.05) is 13.0 Å². The van der Waals surface area contributed by atoms with E-state index in [1.54, 1.807) is 0 Å². The zero-order chi connectivity index (χ0) is 9.40. The van der Waals surface area contributed by atoms with Crippen molar-refractivity contribution in [3.63, 3.8) is 0 Å². The molecule has 12 heavy (non-hydrogen) atoms. The topological polar surface area (TPSA) is 26.0 Å². The van der Waals surface area contributed by atoms with Gasteiger partial charge in [-0.05, 0) is 18.0 Å². The lowest BCUT2D eigenvalue weighted by atomic mass is 10.0. The zero-order valence-corrected chi connectivity index (χ0v) is 8.25. The van der Waals surface area contributed by atoms with Gasteiger partial charge in [0.2, 0.25) is 0 Å². The summed E-state index contributed by atoms with van der Waals surface area (Å²) in [5.41, 5.74) is 6.26. The lowest BCUT2D eigenvalue weighted by Gasteiger charge is -2.01. The Labute approximate surface area is 75.6 Å². The molecule has 0 radical (unpaired) electrons. The monoisotopic (exact) mass is 165 g/mol. The van der Waals surface area contributed by atoms with Crippen LogP contribution in [0.3, 0.4) is 0 Å². The number of hydrogen-bond acceptors (Lipinski definition) is 1. The van der Waals surface area contributed by atoms with Crippen LogP contribution >= 0.6 is 0 Å². The zero-order valence-electron chi connectivity index (χ0n) is 8.25. The first-order chi connectivity index (χ1) is 5.72. The molecular weight excluding hydrogens is 146 g/mol. The Morgan fingerprint density at radius 3 is 1.83 bits per heavy atom. The van der Waals surface area contributed by atoms with Crippen LogP contribution in [0.5, 0.6) is 0 Å². The third-order valence-corrected chi connectivity index (χ3v) is 1.47. The maximum absolute atomic E-state index is 4.85. The number of nitrogens with two attached hydrogens (primary N) is 1. The molecule has 0 amide bonds. The van der Waals surface area contributed by atoms with Gasteiger partial charge in [0.05, 0.1) is 0 Å². The summed E-state index contributed by atoms with van der Waals surface area (Å²) in [4.78, 5) is 0. The Morgan fingerprint density at radius 2 is 1.58 bits per heavy atom. The smallest absolute Gasteiger partial charge is 0.0106 e. The second-order valence-electron chi connectivity index (χ2n) is 2.97. The van der Waals surface area contributed by atoms with Gasteiger partial charge in [-0.25, -0.2) is 0 Å². The Morgan fingerprint density at radius 1 is 1.17 bits per heavy atom. The van der Waals surface area contributed by atoms with Gasteiger partial charge in [-0.1, -0.05) is 51.1 Å². The summed E-state index contributed by atoms with van der Waals surface area (Å²) in [6.07, 6.45) is 0. The highest BCUT2D eigenvalue weighted by Gasteiger charge is 1.93. The highest BCUT2D eigenvalue weighted by Crippen LogP contribution is 2.11. The van der Waals surface area contributed by atoms with Gasteiger partial charge < -0.3 is 5.73 Å². The number of benzene rings is 1. The van der Waals surface area contributed by atoms with Crippen LogP contribution in [0.1, 0.15) is 32.3 Å². The molecule has 2 N–H and O–H groups in total. The molecule has 1 aromatic rings. The molecule has 0 spiro atoms. The van der Waals surface area contributed by atoms with Crippen molar-refractivity contribution in [1.29, 1.82) is 0 Å². The fraction of sp³-hybridized carbons (Fsp3) is 0.455. The van der Waals surface area contributed by atoms with Crippen molar-refractivity contribution in [2.24, 2.45) is 5.73 Å². The van der Waals surface area contributed by atoms with Crippen LogP contribution < -0.4 is 5.73 Å². The van der Waals surface area contributed by atoms with E-state index in [4.69, 9.17) is 5.73 Å². The quantitative estimate of drug-likeness (QED) is 0.680. The summed E-state index contributed by atoms with van der Waals surface area (Å²) in [5, 5.41) is 0. The molecule has 1 nitrogen and oxygen atoms in total. The highest BCUT2D eigenvalue weighted by atomic mass is 14.5. The lowest BCUT2D eigenvalue weighted by Crippen LogP contribution is -1.87. The van der Waals surface area contributed by atoms with Gasteiger partial charge >= 0.3 is 0 Å². The first-order valence-electron chi connectivity index (χ1n) is 4.47. The first-order valence-corrected chi connectivity index (χ1v) is 4.47. The summed E-state index contributed by atoms with van der Waals surface area (Å²) < 4.78 is 0. The van der Waals surface area contributed by atoms with E-state index in [-0.39, 0.29) is 0 Å². The van der Waals surface area contributed by atoms with Gasteiger partial charge in [0.1, 0.15) is 0 Å². The van der Waals surface area contributed by atoms with Crippen molar-refractivity contribution >= 4 is 0 Å². The van der Waals surface area contributed by atoms with Gasteiger partial charge in [0.25, 0.3) is 0 Å². The van der Waals surface area contributed by atoms with Crippen molar-refractivity contribution in [3.05, 3.63) is 35.9 Å². The third kappa shape index (κ3) is 4.91. The van der Waals surface area contributed by atoms with Gasteiger partial charge in [-0.15, -0.1) is 0 Å². The molecule has 0 aliphatic carbocycles. The Balaban J connectivity index is 0.000000354. The van der Waals surface area contributed by atoms with Crippen LogP contribution in [0.4, 0.5) is 0 Å². The molecule has 0 aromatic heterocycles. The van der Waals surface area contributed by atoms with Gasteiger partial charge in [0, 0.05) is 0 Å². The average Bonchev–Trinajstić information content (AvgIpc) is 2.07. The molecule has 0 saturated heterocycles. The van der Waals surface area contributed by atoms with Crippen molar-refractivity contribution in [3.8, 4) is 0 Å². The van der Waals surface area contributed by atoms with Crippen molar-refractivity contribution in [1.82, 2.24) is 0 Å². The molecule has 0 heterocycles. The molecule has 1 rings (SSSR count). The maximum Gasteiger partial charge on any atom is -0.0106 e. The van der Waals surface area contributed by atoms with Crippen LogP contribution in [0.25, 0.3) is 0 Å². The minimum atomic E-state index is 0.659. The SMILES string of the molecule is CC(C)c1ccccc1.CCN. The third-order valence-electron chi connectivity index (χ3n) is 1.47. The van der Waals surface area contributed by atoms with E-state index in [9.17, 15) is 0 Å². The molecule has 0 saturated carbocycles. The molecule has 0 fully saturated rings. The van der Waals surface area contributed by atoms with Gasteiger partial charge in [0.15, 0.2) is 0 Å². The minimum Gasteiger partial charge on any atom is -0.331 e. The predicted molar refractivity (Wildman–Crippen MR) is 55.3 cm³/mol. The van der Waals surface area contributed by atoms with E-state index in [0.717, 1.165) is 6.54 Å². The Hall–Kier alpha value is -0.820. The normalized spacial score (nSPS) is 9.08. The largest absolute Gasteiger partial charge is 0.331 e. The lowest BCUT2D eigenvalue weighted by molar-refractivity contribution is 0.867. The van der Waals surface area contributed by atoms with Crippen LogP contribution in [0.2, 0.25) is 0 Å². The van der Waals surface area contributed by atoms with E-state index >= 15 is 0 Å². The predicted octanol–water partition coefficient (Wildman–Crippen LogP) is 2.78. The van der Waals surface area contributed by atoms with Crippen LogP contribution in [0.15, 0.2) is 30.3 Å². The van der Waals surface area contributed by atoms with E-state index < -0.39 is 0 Å². The molecule has 0 unspecified atom stereocenters. The van der Waals surface area contributed by atoms with Crippen LogP contribution in [-0.4, -0.2) is 6.54 Å². The molecule has 68 valence electrons. The molecule has 0 atom stereocenters. The van der Waals surface area contributed by atoms with Gasteiger partial charge in [-0.2, -0.15) is 0 Å². The Kier molecular flexibility index (Phi) is 6.39. The second-order valence-corrected chi connectivity index (χ2v) is 2.97. The maximum atomic E-state index is 4.85. The van der Waals surface area contributed by atoms with Crippen molar-refractivity contribution in [2.75, 3.05) is 6.54 Å². The van der Waals surface area contributed by atoms with Crippen LogP contribution in [0, 0.1) is 0 Å². The fourth-order valence-electron chi connectivity index (χ4n) is 0.838. The molecule has 0 aliphatic heterocycles. The molecule has 1 aromatic carbocycles. The molecular formula is C11H19N. The second kappa shape index (κ2) is 6.86. The average molecular weight is 165 g/mol. The molecule has 0 bridgehead atoms. The summed E-state index contributed by atoms with van der Waals surface area (Å²) in [6.45, 7) is 7.06. The van der Waals surface area contributed by atoms with E-state index in [2.05, 4.69) is 38.1 Å². The first kappa shape index (κ1) is 11.2. The van der Waals surface area contributed by atoms with E-state index in [1.165, 1.54) is 5.56 Å². The summed E-state index contributed by atoms with van der Waals surface area (Å²) >= 11 is 0. The number of hydrogen-bond donors (Lipinski definition) is 1. The highest BCUT2D eigenvalue weighted by molar-refractivity contribution is 5.17. The van der Waals surface area contributed by atoms with E-state index in [0.29, 0.717) is 5.92 Å². The molecule has 1 heteroatoms. The summed E-state index contributed by atoms with van der Waals surface area (Å²) in [6, 6.07) is 10.5. The Bertz CT molecular complexity index is 179. The minimum absolute atomic E-state index is 0.659. The standard InChI is InChI=1S/C9H12.C2H7N/c1-8(2)9-6-4-3-5-7-9;1-2-3/h3-8H,1-2H3;2-3H2,1H3. The van der Waals surface area contributed by atoms with Crippen molar-refractivity contribution < 1.29 is 0 Å². The fourth-order valence-corrected chi connectivity index (χ4v) is 0.838. The van der Waals surface area contributed by atoms with Gasteiger partial charge in [-0.3, -0.25) is 0 Å². The van der Waals surface area contributed by atoms with Crippen LogP contribution in [-0.2, 0) is 0 Å². The van der Waals surface area contributed by atoms with Crippen molar-refractivity contribution in [2.45, 2.75) is 26.7 Å².